The molecule has 0 radical (unpaired) electrons. The topological polar surface area (TPSA) is 45.2 Å². The van der Waals surface area contributed by atoms with Gasteiger partial charge in [0.15, 0.2) is 0 Å². The van der Waals surface area contributed by atoms with Gasteiger partial charge in [-0.05, 0) is 42.7 Å². The molecule has 1 fully saturated rings. The predicted octanol–water partition coefficient (Wildman–Crippen LogP) is 3.17. The van der Waals surface area contributed by atoms with Gasteiger partial charge >= 0.3 is 0 Å². The number of nitrogens with zero attached hydrogens (tertiary/aromatic N) is 2. The van der Waals surface area contributed by atoms with Crippen molar-refractivity contribution < 1.29 is 4.79 Å². The first-order valence-electron chi connectivity index (χ1n) is 7.91. The number of pyridine rings is 1. The van der Waals surface area contributed by atoms with Gasteiger partial charge in [-0.25, -0.2) is 4.98 Å². The summed E-state index contributed by atoms with van der Waals surface area (Å²) in [7, 11) is 0. The summed E-state index contributed by atoms with van der Waals surface area (Å²) in [5, 5.41) is 3.07. The lowest BCUT2D eigenvalue weighted by Crippen LogP contribution is -2.41. The van der Waals surface area contributed by atoms with Crippen molar-refractivity contribution >= 4 is 27.7 Å². The Hall–Kier alpha value is -1.88. The van der Waals surface area contributed by atoms with Gasteiger partial charge in [0.1, 0.15) is 5.82 Å². The van der Waals surface area contributed by atoms with E-state index < -0.39 is 0 Å². The zero-order valence-corrected chi connectivity index (χ0v) is 14.5. The highest BCUT2D eigenvalue weighted by Gasteiger charge is 2.25. The van der Waals surface area contributed by atoms with Crippen molar-refractivity contribution in [2.75, 3.05) is 18.0 Å². The molecule has 1 aromatic heterocycles. The van der Waals surface area contributed by atoms with Crippen LogP contribution in [0.4, 0.5) is 5.82 Å². The minimum absolute atomic E-state index is 0.0696. The highest BCUT2D eigenvalue weighted by molar-refractivity contribution is 9.10. The summed E-state index contributed by atoms with van der Waals surface area (Å²) in [5.74, 6) is 1.07. The molecule has 1 unspecified atom stereocenters. The second kappa shape index (κ2) is 7.59. The molecule has 1 amide bonds. The number of benzene rings is 1. The largest absolute Gasteiger partial charge is 0.354 e. The van der Waals surface area contributed by atoms with Gasteiger partial charge in [0.25, 0.3) is 0 Å². The molecule has 0 spiro atoms. The fourth-order valence-electron chi connectivity index (χ4n) is 2.95. The highest BCUT2D eigenvalue weighted by atomic mass is 79.9. The first kappa shape index (κ1) is 16.0. The van der Waals surface area contributed by atoms with E-state index in [1.165, 1.54) is 0 Å². The van der Waals surface area contributed by atoms with Crippen LogP contribution in [0.25, 0.3) is 0 Å². The molecule has 0 saturated carbocycles. The van der Waals surface area contributed by atoms with Gasteiger partial charge in [0, 0.05) is 29.8 Å². The minimum Gasteiger partial charge on any atom is -0.354 e. The monoisotopic (exact) mass is 373 g/mol. The van der Waals surface area contributed by atoms with Crippen molar-refractivity contribution in [3.8, 4) is 0 Å². The number of carbonyl (C=O) groups is 1. The van der Waals surface area contributed by atoms with E-state index in [0.717, 1.165) is 35.2 Å². The summed E-state index contributed by atoms with van der Waals surface area (Å²) in [6, 6.07) is 14.2. The van der Waals surface area contributed by atoms with E-state index in [2.05, 4.69) is 31.1 Å². The van der Waals surface area contributed by atoms with Crippen LogP contribution in [0.3, 0.4) is 0 Å². The average Bonchev–Trinajstić information content (AvgIpc) is 3.04. The van der Waals surface area contributed by atoms with Crippen molar-refractivity contribution in [1.82, 2.24) is 10.3 Å². The Labute approximate surface area is 145 Å². The van der Waals surface area contributed by atoms with Crippen LogP contribution in [0.15, 0.2) is 53.1 Å². The van der Waals surface area contributed by atoms with Crippen LogP contribution in [0.5, 0.6) is 0 Å². The van der Waals surface area contributed by atoms with Crippen LogP contribution in [0.1, 0.15) is 18.4 Å². The van der Waals surface area contributed by atoms with E-state index >= 15 is 0 Å². The molecule has 120 valence electrons. The Morgan fingerprint density at radius 1 is 1.26 bits per heavy atom. The maximum Gasteiger partial charge on any atom is 0.224 e. The third kappa shape index (κ3) is 4.32. The van der Waals surface area contributed by atoms with E-state index in [-0.39, 0.29) is 5.91 Å². The molecule has 0 aliphatic carbocycles. The lowest BCUT2D eigenvalue weighted by molar-refractivity contribution is -0.120. The van der Waals surface area contributed by atoms with Gasteiger partial charge in [-0.1, -0.05) is 34.1 Å². The van der Waals surface area contributed by atoms with Gasteiger partial charge in [-0.15, -0.1) is 0 Å². The van der Waals surface area contributed by atoms with Crippen LogP contribution in [-0.2, 0) is 11.2 Å². The molecular formula is C18H20BrN3O. The Balaban J connectivity index is 1.53. The number of halogens is 1. The second-order valence-electron chi connectivity index (χ2n) is 5.78. The fourth-order valence-corrected chi connectivity index (χ4v) is 3.22. The molecule has 1 aliphatic heterocycles. The van der Waals surface area contributed by atoms with Crippen LogP contribution in [0.2, 0.25) is 0 Å². The number of amides is 1. The number of rotatable bonds is 5. The van der Waals surface area contributed by atoms with Crippen LogP contribution >= 0.6 is 15.9 Å². The zero-order valence-electron chi connectivity index (χ0n) is 12.9. The highest BCUT2D eigenvalue weighted by Crippen LogP contribution is 2.22. The quantitative estimate of drug-likeness (QED) is 0.875. The number of carbonyl (C=O) groups excluding carboxylic acids is 1. The standard InChI is InChI=1S/C18H20BrN3O/c19-15-8-6-14(7-9-15)12-18(23)21-13-16-4-3-11-22(16)17-5-1-2-10-20-17/h1-2,5-10,16H,3-4,11-13H2,(H,21,23). The van der Waals surface area contributed by atoms with E-state index in [4.69, 9.17) is 0 Å². The first-order chi connectivity index (χ1) is 11.2. The van der Waals surface area contributed by atoms with E-state index in [1.54, 1.807) is 0 Å². The van der Waals surface area contributed by atoms with Crippen LogP contribution in [-0.4, -0.2) is 30.0 Å². The maximum atomic E-state index is 12.1. The normalized spacial score (nSPS) is 17.3. The molecule has 1 atom stereocenters. The molecule has 23 heavy (non-hydrogen) atoms. The first-order valence-corrected chi connectivity index (χ1v) is 8.70. The molecule has 3 rings (SSSR count). The summed E-state index contributed by atoms with van der Waals surface area (Å²) >= 11 is 3.40. The number of nitrogens with one attached hydrogen (secondary N) is 1. The summed E-state index contributed by atoms with van der Waals surface area (Å²) < 4.78 is 1.03. The second-order valence-corrected chi connectivity index (χ2v) is 6.70. The number of hydrogen-bond donors (Lipinski definition) is 1. The Bertz CT molecular complexity index is 645. The van der Waals surface area contributed by atoms with Gasteiger partial charge in [-0.2, -0.15) is 0 Å². The van der Waals surface area contributed by atoms with E-state index in [9.17, 15) is 4.79 Å². The third-order valence-corrected chi connectivity index (χ3v) is 4.66. The summed E-state index contributed by atoms with van der Waals surface area (Å²) in [6.07, 6.45) is 4.47. The summed E-state index contributed by atoms with van der Waals surface area (Å²) in [5.41, 5.74) is 1.03. The van der Waals surface area contributed by atoms with Crippen LogP contribution in [0, 0.1) is 0 Å². The molecule has 1 saturated heterocycles. The predicted molar refractivity (Wildman–Crippen MR) is 95.5 cm³/mol. The number of anilines is 1. The molecule has 1 aromatic carbocycles. The van der Waals surface area contributed by atoms with Gasteiger partial charge in [0.05, 0.1) is 6.42 Å². The van der Waals surface area contributed by atoms with E-state index in [1.807, 2.05) is 48.7 Å². The Morgan fingerprint density at radius 3 is 2.83 bits per heavy atom. The fraction of sp³-hybridized carbons (Fsp3) is 0.333. The molecule has 0 bridgehead atoms. The zero-order chi connectivity index (χ0) is 16.1. The van der Waals surface area contributed by atoms with Crippen molar-refractivity contribution in [2.45, 2.75) is 25.3 Å². The lowest BCUT2D eigenvalue weighted by Gasteiger charge is -2.25. The van der Waals surface area contributed by atoms with Crippen LogP contribution < -0.4 is 10.2 Å². The molecule has 5 heteroatoms. The lowest BCUT2D eigenvalue weighted by atomic mass is 10.1. The van der Waals surface area contributed by atoms with Crippen molar-refractivity contribution in [2.24, 2.45) is 0 Å². The molecule has 2 heterocycles. The van der Waals surface area contributed by atoms with Gasteiger partial charge in [-0.3, -0.25) is 4.79 Å². The SMILES string of the molecule is O=C(Cc1ccc(Br)cc1)NCC1CCCN1c1ccccn1. The van der Waals surface area contributed by atoms with Crippen molar-refractivity contribution in [3.05, 3.63) is 58.7 Å². The molecule has 1 N–H and O–H groups in total. The summed E-state index contributed by atoms with van der Waals surface area (Å²) in [6.45, 7) is 1.68. The molecule has 2 aromatic rings. The van der Waals surface area contributed by atoms with Gasteiger partial charge in [0.2, 0.25) is 5.91 Å². The van der Waals surface area contributed by atoms with E-state index in [0.29, 0.717) is 19.0 Å². The minimum atomic E-state index is 0.0696. The third-order valence-electron chi connectivity index (χ3n) is 4.13. The average molecular weight is 374 g/mol. The number of aromatic nitrogens is 1. The summed E-state index contributed by atoms with van der Waals surface area (Å²) in [4.78, 5) is 18.9. The number of hydrogen-bond acceptors (Lipinski definition) is 3. The van der Waals surface area contributed by atoms with Crippen molar-refractivity contribution in [1.29, 1.82) is 0 Å². The molecular weight excluding hydrogens is 354 g/mol. The van der Waals surface area contributed by atoms with Gasteiger partial charge < -0.3 is 10.2 Å². The Morgan fingerprint density at radius 2 is 2.09 bits per heavy atom. The Kier molecular flexibility index (Phi) is 5.28. The molecule has 1 aliphatic rings. The smallest absolute Gasteiger partial charge is 0.224 e. The van der Waals surface area contributed by atoms with Crippen molar-refractivity contribution in [3.63, 3.8) is 0 Å². The maximum absolute atomic E-state index is 12.1. The molecule has 4 nitrogen and oxygen atoms in total.